The topological polar surface area (TPSA) is 55.6 Å². The first kappa shape index (κ1) is 11.9. The quantitative estimate of drug-likeness (QED) is 0.792. The number of anilines is 1. The molecule has 0 atom stereocenters. The number of rotatable bonds is 4. The molecule has 5 nitrogen and oxygen atoms in total. The average Bonchev–Trinajstić information content (AvgIpc) is 3.08. The number of aromatic nitrogens is 4. The first-order chi connectivity index (χ1) is 9.31. The van der Waals surface area contributed by atoms with Gasteiger partial charge in [-0.1, -0.05) is 0 Å². The summed E-state index contributed by atoms with van der Waals surface area (Å²) in [6.07, 6.45) is 5.40. The molecule has 3 aromatic rings. The minimum Gasteiger partial charge on any atom is -0.378 e. The van der Waals surface area contributed by atoms with Crippen molar-refractivity contribution < 1.29 is 0 Å². The summed E-state index contributed by atoms with van der Waals surface area (Å²) >= 11 is 1.66. The molecule has 0 amide bonds. The van der Waals surface area contributed by atoms with Crippen molar-refractivity contribution in [1.82, 2.24) is 19.7 Å². The predicted molar refractivity (Wildman–Crippen MR) is 75.5 cm³/mol. The van der Waals surface area contributed by atoms with E-state index in [0.29, 0.717) is 6.54 Å². The van der Waals surface area contributed by atoms with E-state index < -0.39 is 0 Å². The van der Waals surface area contributed by atoms with Gasteiger partial charge in [0.1, 0.15) is 0 Å². The fraction of sp³-hybridized carbons (Fsp3) is 0.154. The Morgan fingerprint density at radius 2 is 2.32 bits per heavy atom. The van der Waals surface area contributed by atoms with Gasteiger partial charge in [-0.05, 0) is 25.1 Å². The van der Waals surface area contributed by atoms with Crippen molar-refractivity contribution in [2.75, 3.05) is 5.32 Å². The molecule has 0 radical (unpaired) electrons. The molecule has 0 saturated heterocycles. The van der Waals surface area contributed by atoms with Gasteiger partial charge in [0.05, 0.1) is 29.1 Å². The molecule has 0 spiro atoms. The number of nitrogens with zero attached hydrogens (tertiary/aromatic N) is 4. The highest BCUT2D eigenvalue weighted by Crippen LogP contribution is 2.12. The Morgan fingerprint density at radius 3 is 2.95 bits per heavy atom. The van der Waals surface area contributed by atoms with Crippen LogP contribution in [0.3, 0.4) is 0 Å². The van der Waals surface area contributed by atoms with Gasteiger partial charge >= 0.3 is 0 Å². The van der Waals surface area contributed by atoms with Crippen LogP contribution in [0.25, 0.3) is 5.82 Å². The Labute approximate surface area is 115 Å². The molecule has 6 heteroatoms. The molecule has 19 heavy (non-hydrogen) atoms. The van der Waals surface area contributed by atoms with E-state index in [1.54, 1.807) is 28.4 Å². The summed E-state index contributed by atoms with van der Waals surface area (Å²) in [5.74, 6) is 0.806. The van der Waals surface area contributed by atoms with Crippen LogP contribution >= 0.6 is 11.3 Å². The molecule has 3 aromatic heterocycles. The summed E-state index contributed by atoms with van der Waals surface area (Å²) in [5, 5.41) is 10.6. The zero-order valence-electron chi connectivity index (χ0n) is 10.4. The lowest BCUT2D eigenvalue weighted by Gasteiger charge is -2.05. The highest BCUT2D eigenvalue weighted by molar-refractivity contribution is 7.09. The third-order valence-corrected chi connectivity index (χ3v) is 3.45. The lowest BCUT2D eigenvalue weighted by atomic mass is 10.4. The van der Waals surface area contributed by atoms with Crippen LogP contribution in [0.2, 0.25) is 0 Å². The molecule has 0 aliphatic carbocycles. The normalized spacial score (nSPS) is 10.6. The van der Waals surface area contributed by atoms with E-state index in [0.717, 1.165) is 22.2 Å². The molecule has 0 fully saturated rings. The van der Waals surface area contributed by atoms with Crippen molar-refractivity contribution >= 4 is 17.0 Å². The number of hydrogen-bond donors (Lipinski definition) is 1. The van der Waals surface area contributed by atoms with Gasteiger partial charge in [-0.25, -0.2) is 14.6 Å². The van der Waals surface area contributed by atoms with E-state index in [-0.39, 0.29) is 0 Å². The molecule has 3 heterocycles. The molecule has 96 valence electrons. The van der Waals surface area contributed by atoms with Crippen LogP contribution in [0.5, 0.6) is 0 Å². The zero-order valence-corrected chi connectivity index (χ0v) is 11.3. The van der Waals surface area contributed by atoms with Gasteiger partial charge in [-0.15, -0.1) is 11.3 Å². The van der Waals surface area contributed by atoms with E-state index in [4.69, 9.17) is 0 Å². The second kappa shape index (κ2) is 5.19. The third kappa shape index (κ3) is 2.79. The monoisotopic (exact) mass is 271 g/mol. The molecule has 0 aliphatic rings. The van der Waals surface area contributed by atoms with Crippen molar-refractivity contribution in [2.24, 2.45) is 0 Å². The first-order valence-electron chi connectivity index (χ1n) is 5.92. The zero-order chi connectivity index (χ0) is 13.1. The molecule has 0 aliphatic heterocycles. The van der Waals surface area contributed by atoms with E-state index in [1.165, 1.54) is 0 Å². The summed E-state index contributed by atoms with van der Waals surface area (Å²) < 4.78 is 1.73. The second-order valence-corrected chi connectivity index (χ2v) is 5.13. The fourth-order valence-corrected chi connectivity index (χ4v) is 2.33. The second-order valence-electron chi connectivity index (χ2n) is 4.07. The van der Waals surface area contributed by atoms with Crippen LogP contribution in [-0.2, 0) is 6.54 Å². The first-order valence-corrected chi connectivity index (χ1v) is 6.80. The van der Waals surface area contributed by atoms with Crippen LogP contribution in [0.1, 0.15) is 10.7 Å². The number of aryl methyl sites for hydroxylation is 1. The largest absolute Gasteiger partial charge is 0.378 e. The Kier molecular flexibility index (Phi) is 3.24. The summed E-state index contributed by atoms with van der Waals surface area (Å²) in [5.41, 5.74) is 2.03. The van der Waals surface area contributed by atoms with Gasteiger partial charge in [0.2, 0.25) is 0 Å². The SMILES string of the molecule is Cc1nc(CNc2ccc(-n3cccn3)nc2)cs1. The molecular weight excluding hydrogens is 258 g/mol. The van der Waals surface area contributed by atoms with Gasteiger partial charge in [0.25, 0.3) is 0 Å². The Morgan fingerprint density at radius 1 is 1.37 bits per heavy atom. The molecule has 0 bridgehead atoms. The Bertz CT molecular complexity index is 642. The summed E-state index contributed by atoms with van der Waals surface area (Å²) in [7, 11) is 0. The number of nitrogens with one attached hydrogen (secondary N) is 1. The minimum absolute atomic E-state index is 0.715. The van der Waals surface area contributed by atoms with Gasteiger partial charge < -0.3 is 5.32 Å². The van der Waals surface area contributed by atoms with E-state index in [9.17, 15) is 0 Å². The number of hydrogen-bond acceptors (Lipinski definition) is 5. The van der Waals surface area contributed by atoms with Crippen molar-refractivity contribution in [3.05, 3.63) is 52.9 Å². The van der Waals surface area contributed by atoms with Crippen LogP contribution in [0, 0.1) is 6.92 Å². The summed E-state index contributed by atoms with van der Waals surface area (Å²) in [6, 6.07) is 5.79. The third-order valence-electron chi connectivity index (χ3n) is 2.63. The van der Waals surface area contributed by atoms with Gasteiger partial charge in [0, 0.05) is 17.8 Å². The highest BCUT2D eigenvalue weighted by Gasteiger charge is 2.00. The van der Waals surface area contributed by atoms with Crippen LogP contribution in [0.4, 0.5) is 5.69 Å². The van der Waals surface area contributed by atoms with Crippen molar-refractivity contribution in [3.8, 4) is 5.82 Å². The molecular formula is C13H13N5S. The van der Waals surface area contributed by atoms with Gasteiger partial charge in [0.15, 0.2) is 5.82 Å². The maximum Gasteiger partial charge on any atom is 0.153 e. The van der Waals surface area contributed by atoms with Gasteiger partial charge in [-0.2, -0.15) is 5.10 Å². The van der Waals surface area contributed by atoms with Crippen LogP contribution in [0.15, 0.2) is 42.2 Å². The van der Waals surface area contributed by atoms with Crippen molar-refractivity contribution in [2.45, 2.75) is 13.5 Å². The molecule has 0 unspecified atom stereocenters. The lowest BCUT2D eigenvalue weighted by Crippen LogP contribution is -2.02. The highest BCUT2D eigenvalue weighted by atomic mass is 32.1. The predicted octanol–water partition coefficient (Wildman–Crippen LogP) is 2.64. The fourth-order valence-electron chi connectivity index (χ4n) is 1.71. The van der Waals surface area contributed by atoms with E-state index in [1.807, 2.05) is 31.3 Å². The number of thiazole rings is 1. The standard InChI is InChI=1S/C13H13N5S/c1-10-17-12(9-19-10)8-14-11-3-4-13(15-7-11)18-6-2-5-16-18/h2-7,9,14H,8H2,1H3. The van der Waals surface area contributed by atoms with E-state index >= 15 is 0 Å². The molecule has 3 rings (SSSR count). The van der Waals surface area contributed by atoms with Crippen LogP contribution in [-0.4, -0.2) is 19.7 Å². The molecule has 0 saturated carbocycles. The number of pyridine rings is 1. The summed E-state index contributed by atoms with van der Waals surface area (Å²) in [6.45, 7) is 2.72. The van der Waals surface area contributed by atoms with Crippen LogP contribution < -0.4 is 5.32 Å². The molecule has 0 aromatic carbocycles. The Balaban J connectivity index is 1.66. The molecule has 1 N–H and O–H groups in total. The Hall–Kier alpha value is -2.21. The lowest BCUT2D eigenvalue weighted by molar-refractivity contribution is 0.847. The van der Waals surface area contributed by atoms with Crippen molar-refractivity contribution in [1.29, 1.82) is 0 Å². The van der Waals surface area contributed by atoms with Gasteiger partial charge in [-0.3, -0.25) is 0 Å². The minimum atomic E-state index is 0.715. The average molecular weight is 271 g/mol. The summed E-state index contributed by atoms with van der Waals surface area (Å²) in [4.78, 5) is 8.76. The maximum absolute atomic E-state index is 4.41. The van der Waals surface area contributed by atoms with E-state index in [2.05, 4.69) is 25.8 Å². The maximum atomic E-state index is 4.41. The smallest absolute Gasteiger partial charge is 0.153 e. The van der Waals surface area contributed by atoms with Crippen molar-refractivity contribution in [3.63, 3.8) is 0 Å².